The SMILES string of the molecule is CCOC(=O)Cn1nc(-c2ccc([N+](=O)[O-])cc2)oc1=O. The molecule has 0 bridgehead atoms. The highest BCUT2D eigenvalue weighted by Crippen LogP contribution is 2.19. The van der Waals surface area contributed by atoms with Gasteiger partial charge in [0.1, 0.15) is 6.54 Å². The van der Waals surface area contributed by atoms with Crippen LogP contribution in [-0.2, 0) is 16.1 Å². The number of nitro benzene ring substituents is 1. The molecule has 0 radical (unpaired) electrons. The van der Waals surface area contributed by atoms with Crippen molar-refractivity contribution in [3.63, 3.8) is 0 Å². The first-order valence-corrected chi connectivity index (χ1v) is 5.99. The number of ether oxygens (including phenoxy) is 1. The Morgan fingerprint density at radius 3 is 2.67 bits per heavy atom. The molecule has 1 aromatic carbocycles. The maximum absolute atomic E-state index is 11.5. The molecule has 21 heavy (non-hydrogen) atoms. The highest BCUT2D eigenvalue weighted by atomic mass is 16.6. The third kappa shape index (κ3) is 3.32. The van der Waals surface area contributed by atoms with E-state index in [-0.39, 0.29) is 24.7 Å². The van der Waals surface area contributed by atoms with Crippen LogP contribution in [0.4, 0.5) is 5.69 Å². The first-order valence-electron chi connectivity index (χ1n) is 5.99. The molecule has 9 nitrogen and oxygen atoms in total. The number of hydrogen-bond acceptors (Lipinski definition) is 7. The first kappa shape index (κ1) is 14.4. The molecular weight excluding hydrogens is 282 g/mol. The van der Waals surface area contributed by atoms with E-state index in [2.05, 4.69) is 5.10 Å². The quantitative estimate of drug-likeness (QED) is 0.458. The molecule has 9 heteroatoms. The summed E-state index contributed by atoms with van der Waals surface area (Å²) in [5.41, 5.74) is 0.298. The third-order valence-corrected chi connectivity index (χ3v) is 2.52. The first-order chi connectivity index (χ1) is 10.0. The van der Waals surface area contributed by atoms with Crippen molar-refractivity contribution in [3.8, 4) is 11.5 Å². The highest BCUT2D eigenvalue weighted by molar-refractivity contribution is 5.69. The minimum atomic E-state index is -0.809. The molecule has 2 rings (SSSR count). The van der Waals surface area contributed by atoms with Gasteiger partial charge in [-0.05, 0) is 19.1 Å². The summed E-state index contributed by atoms with van der Waals surface area (Å²) in [6.45, 7) is 1.48. The molecule has 1 heterocycles. The number of hydrogen-bond donors (Lipinski definition) is 0. The van der Waals surface area contributed by atoms with E-state index in [1.165, 1.54) is 24.3 Å². The predicted octanol–water partition coefficient (Wildman–Crippen LogP) is 0.975. The number of rotatable bonds is 5. The zero-order valence-corrected chi connectivity index (χ0v) is 11.0. The van der Waals surface area contributed by atoms with Gasteiger partial charge < -0.3 is 9.15 Å². The van der Waals surface area contributed by atoms with Crippen molar-refractivity contribution in [1.29, 1.82) is 0 Å². The maximum Gasteiger partial charge on any atom is 0.437 e. The smallest absolute Gasteiger partial charge is 0.437 e. The average molecular weight is 293 g/mol. The van der Waals surface area contributed by atoms with Crippen LogP contribution in [0.1, 0.15) is 6.92 Å². The van der Waals surface area contributed by atoms with E-state index in [9.17, 15) is 19.7 Å². The lowest BCUT2D eigenvalue weighted by atomic mass is 10.2. The van der Waals surface area contributed by atoms with Gasteiger partial charge in [0.25, 0.3) is 5.69 Å². The Hall–Kier alpha value is -2.97. The summed E-state index contributed by atoms with van der Waals surface area (Å²) in [5.74, 6) is -1.45. The van der Waals surface area contributed by atoms with E-state index in [4.69, 9.17) is 9.15 Å². The number of aromatic nitrogens is 2. The molecule has 110 valence electrons. The van der Waals surface area contributed by atoms with Gasteiger partial charge in [-0.15, -0.1) is 5.10 Å². The standard InChI is InChI=1S/C12H11N3O6/c1-2-20-10(16)7-14-12(17)21-11(13-14)8-3-5-9(6-4-8)15(18)19/h3-6H,2,7H2,1H3. The second-order valence-electron chi connectivity index (χ2n) is 3.94. The van der Waals surface area contributed by atoms with Crippen LogP contribution in [0.2, 0.25) is 0 Å². The molecule has 1 aromatic heterocycles. The van der Waals surface area contributed by atoms with Crippen LogP contribution in [0.15, 0.2) is 33.5 Å². The van der Waals surface area contributed by atoms with Gasteiger partial charge in [0.15, 0.2) is 0 Å². The fourth-order valence-corrected chi connectivity index (χ4v) is 1.58. The third-order valence-electron chi connectivity index (χ3n) is 2.52. The van der Waals surface area contributed by atoms with Crippen molar-refractivity contribution in [3.05, 3.63) is 44.9 Å². The van der Waals surface area contributed by atoms with Gasteiger partial charge in [-0.1, -0.05) is 0 Å². The van der Waals surface area contributed by atoms with Gasteiger partial charge in [-0.3, -0.25) is 14.9 Å². The highest BCUT2D eigenvalue weighted by Gasteiger charge is 2.14. The molecule has 0 saturated carbocycles. The zero-order chi connectivity index (χ0) is 15.4. The molecule has 0 amide bonds. The van der Waals surface area contributed by atoms with Crippen molar-refractivity contribution in [2.45, 2.75) is 13.5 Å². The van der Waals surface area contributed by atoms with E-state index in [0.29, 0.717) is 5.56 Å². The molecule has 0 unspecified atom stereocenters. The van der Waals surface area contributed by atoms with Crippen LogP contribution in [0.5, 0.6) is 0 Å². The molecule has 2 aromatic rings. The lowest BCUT2D eigenvalue weighted by Gasteiger charge is -1.99. The molecule has 0 aliphatic heterocycles. The molecule has 0 aliphatic rings. The van der Waals surface area contributed by atoms with Crippen LogP contribution in [-0.4, -0.2) is 27.3 Å². The van der Waals surface area contributed by atoms with Crippen LogP contribution in [0.3, 0.4) is 0 Å². The van der Waals surface area contributed by atoms with Crippen LogP contribution >= 0.6 is 0 Å². The van der Waals surface area contributed by atoms with E-state index >= 15 is 0 Å². The Morgan fingerprint density at radius 2 is 2.10 bits per heavy atom. The van der Waals surface area contributed by atoms with Crippen molar-refractivity contribution < 1.29 is 18.9 Å². The second kappa shape index (κ2) is 5.99. The van der Waals surface area contributed by atoms with Crippen LogP contribution < -0.4 is 5.76 Å². The Bertz CT molecular complexity index is 715. The van der Waals surface area contributed by atoms with Gasteiger partial charge in [-0.25, -0.2) is 4.79 Å². The summed E-state index contributed by atoms with van der Waals surface area (Å²) in [6, 6.07) is 5.33. The number of benzene rings is 1. The molecule has 0 spiro atoms. The number of esters is 1. The molecular formula is C12H11N3O6. The lowest BCUT2D eigenvalue weighted by Crippen LogP contribution is -2.22. The number of carbonyl (C=O) groups is 1. The van der Waals surface area contributed by atoms with Gasteiger partial charge in [0.05, 0.1) is 11.5 Å². The summed E-state index contributed by atoms with van der Waals surface area (Å²) < 4.78 is 10.4. The summed E-state index contributed by atoms with van der Waals surface area (Å²) >= 11 is 0. The minimum absolute atomic E-state index is 0.0285. The molecule has 0 saturated heterocycles. The van der Waals surface area contributed by atoms with E-state index in [0.717, 1.165) is 4.68 Å². The minimum Gasteiger partial charge on any atom is -0.465 e. The summed E-state index contributed by atoms with van der Waals surface area (Å²) in [4.78, 5) is 32.8. The largest absolute Gasteiger partial charge is 0.465 e. The van der Waals surface area contributed by atoms with Gasteiger partial charge in [-0.2, -0.15) is 4.68 Å². The number of nitro groups is 1. The number of carbonyl (C=O) groups excluding carboxylic acids is 1. The maximum atomic E-state index is 11.5. The fourth-order valence-electron chi connectivity index (χ4n) is 1.58. The summed E-state index contributed by atoms with van der Waals surface area (Å²) in [7, 11) is 0. The summed E-state index contributed by atoms with van der Waals surface area (Å²) in [5, 5.41) is 14.4. The van der Waals surface area contributed by atoms with Gasteiger partial charge in [0.2, 0.25) is 5.89 Å². The Labute approximate surface area is 117 Å². The van der Waals surface area contributed by atoms with E-state index in [1.54, 1.807) is 6.92 Å². The van der Waals surface area contributed by atoms with Crippen LogP contribution in [0, 0.1) is 10.1 Å². The normalized spacial score (nSPS) is 10.3. The van der Waals surface area contributed by atoms with Gasteiger partial charge in [0, 0.05) is 17.7 Å². The Balaban J connectivity index is 2.23. The monoisotopic (exact) mass is 293 g/mol. The second-order valence-corrected chi connectivity index (χ2v) is 3.94. The molecule has 0 aliphatic carbocycles. The van der Waals surface area contributed by atoms with Crippen LogP contribution in [0.25, 0.3) is 11.5 Å². The zero-order valence-electron chi connectivity index (χ0n) is 11.0. The topological polar surface area (TPSA) is 117 Å². The fraction of sp³-hybridized carbons (Fsp3) is 0.250. The molecule has 0 fully saturated rings. The van der Waals surface area contributed by atoms with Crippen molar-refractivity contribution in [2.75, 3.05) is 6.61 Å². The van der Waals surface area contributed by atoms with Crippen molar-refractivity contribution in [1.82, 2.24) is 9.78 Å². The Morgan fingerprint density at radius 1 is 1.43 bits per heavy atom. The van der Waals surface area contributed by atoms with E-state index in [1.807, 2.05) is 0 Å². The summed E-state index contributed by atoms with van der Waals surface area (Å²) in [6.07, 6.45) is 0. The number of non-ortho nitro benzene ring substituents is 1. The average Bonchev–Trinajstić information content (AvgIpc) is 2.80. The Kier molecular flexibility index (Phi) is 4.12. The predicted molar refractivity (Wildman–Crippen MR) is 69.5 cm³/mol. The number of nitrogens with zero attached hydrogens (tertiary/aromatic N) is 3. The van der Waals surface area contributed by atoms with Crippen molar-refractivity contribution in [2.24, 2.45) is 0 Å². The molecule has 0 atom stereocenters. The lowest BCUT2D eigenvalue weighted by molar-refractivity contribution is -0.384. The van der Waals surface area contributed by atoms with Gasteiger partial charge >= 0.3 is 11.7 Å². The van der Waals surface area contributed by atoms with E-state index < -0.39 is 16.6 Å². The molecule has 0 N–H and O–H groups in total. The van der Waals surface area contributed by atoms with Crippen molar-refractivity contribution >= 4 is 11.7 Å².